The quantitative estimate of drug-likeness (QED) is 0.557. The Morgan fingerprint density at radius 1 is 1.36 bits per heavy atom. The summed E-state index contributed by atoms with van der Waals surface area (Å²) >= 11 is 0. The molecule has 1 rings (SSSR count). The fraction of sp³-hybridized carbons (Fsp3) is 0.333. The smallest absolute Gasteiger partial charge is 0.269 e. The van der Waals surface area contributed by atoms with E-state index in [0.717, 1.165) is 0 Å². The Bertz CT molecular complexity index is 309. The second-order valence-electron chi connectivity index (χ2n) is 2.88. The van der Waals surface area contributed by atoms with Gasteiger partial charge in [-0.25, -0.2) is 0 Å². The average Bonchev–Trinajstić information content (AvgIpc) is 2.18. The van der Waals surface area contributed by atoms with Crippen LogP contribution in [0.5, 0.6) is 0 Å². The third-order valence-corrected chi connectivity index (χ3v) is 1.89. The Balaban J connectivity index is 2.77. The van der Waals surface area contributed by atoms with Crippen LogP contribution in [0.1, 0.15) is 18.1 Å². The molecule has 0 spiro atoms. The highest BCUT2D eigenvalue weighted by atomic mass is 16.6. The van der Waals surface area contributed by atoms with E-state index in [1.165, 1.54) is 24.3 Å². The van der Waals surface area contributed by atoms with Gasteiger partial charge in [-0.1, -0.05) is 0 Å². The van der Waals surface area contributed by atoms with Crippen molar-refractivity contribution in [3.05, 3.63) is 39.9 Å². The number of aliphatic hydroxyl groups excluding tert-OH is 2. The van der Waals surface area contributed by atoms with Crippen LogP contribution in [0, 0.1) is 10.1 Å². The van der Waals surface area contributed by atoms with E-state index in [1.807, 2.05) is 0 Å². The first-order valence-electron chi connectivity index (χ1n) is 4.18. The van der Waals surface area contributed by atoms with Gasteiger partial charge in [0.1, 0.15) is 0 Å². The number of nitro benzene ring substituents is 1. The van der Waals surface area contributed by atoms with Crippen molar-refractivity contribution >= 4 is 5.69 Å². The summed E-state index contributed by atoms with van der Waals surface area (Å²) in [4.78, 5) is 9.81. The number of hydrogen-bond acceptors (Lipinski definition) is 4. The van der Waals surface area contributed by atoms with E-state index in [2.05, 4.69) is 0 Å². The molecule has 5 heteroatoms. The van der Waals surface area contributed by atoms with Gasteiger partial charge in [0.15, 0.2) is 0 Å². The predicted molar refractivity (Wildman–Crippen MR) is 49.8 cm³/mol. The van der Waals surface area contributed by atoms with Crippen LogP contribution in [-0.2, 0) is 0 Å². The molecular weight excluding hydrogens is 186 g/mol. The van der Waals surface area contributed by atoms with E-state index >= 15 is 0 Å². The number of nitro groups is 1. The molecule has 0 aliphatic rings. The van der Waals surface area contributed by atoms with Crippen LogP contribution in [0.4, 0.5) is 5.69 Å². The monoisotopic (exact) mass is 197 g/mol. The molecule has 14 heavy (non-hydrogen) atoms. The number of nitrogens with zero attached hydrogens (tertiary/aromatic N) is 1. The Morgan fingerprint density at radius 3 is 2.36 bits per heavy atom. The van der Waals surface area contributed by atoms with Crippen molar-refractivity contribution in [2.45, 2.75) is 12.5 Å². The molecule has 0 aliphatic heterocycles. The molecule has 0 aliphatic carbocycles. The zero-order valence-electron chi connectivity index (χ0n) is 7.46. The molecule has 0 aromatic heterocycles. The fourth-order valence-corrected chi connectivity index (χ4v) is 1.11. The molecule has 0 saturated carbocycles. The first-order chi connectivity index (χ1) is 6.65. The van der Waals surface area contributed by atoms with E-state index in [1.54, 1.807) is 0 Å². The summed E-state index contributed by atoms with van der Waals surface area (Å²) in [5.74, 6) is 0. The van der Waals surface area contributed by atoms with Gasteiger partial charge < -0.3 is 10.2 Å². The minimum atomic E-state index is -0.763. The number of non-ortho nitro benzene ring substituents is 1. The number of hydrogen-bond donors (Lipinski definition) is 2. The molecular formula is C9H11NO4. The normalized spacial score (nSPS) is 12.4. The first-order valence-corrected chi connectivity index (χ1v) is 4.18. The molecule has 0 heterocycles. The second-order valence-corrected chi connectivity index (χ2v) is 2.88. The minimum Gasteiger partial charge on any atom is -0.396 e. The Hall–Kier alpha value is -1.46. The third-order valence-electron chi connectivity index (χ3n) is 1.89. The molecule has 0 bridgehead atoms. The lowest BCUT2D eigenvalue weighted by Crippen LogP contribution is -2.00. The second kappa shape index (κ2) is 4.69. The van der Waals surface area contributed by atoms with E-state index < -0.39 is 11.0 Å². The SMILES string of the molecule is O=[N+]([O-])c1ccc([C@@H](O)CCO)cc1. The van der Waals surface area contributed by atoms with Crippen LogP contribution < -0.4 is 0 Å². The number of rotatable bonds is 4. The molecule has 5 nitrogen and oxygen atoms in total. The van der Waals surface area contributed by atoms with Gasteiger partial charge in [-0.2, -0.15) is 0 Å². The maximum absolute atomic E-state index is 10.3. The van der Waals surface area contributed by atoms with Crippen molar-refractivity contribution in [3.8, 4) is 0 Å². The Kier molecular flexibility index (Phi) is 3.55. The third kappa shape index (κ3) is 2.51. The van der Waals surface area contributed by atoms with Crippen molar-refractivity contribution < 1.29 is 15.1 Å². The fourth-order valence-electron chi connectivity index (χ4n) is 1.11. The summed E-state index contributed by atoms with van der Waals surface area (Å²) in [7, 11) is 0. The Labute approximate surface area is 80.8 Å². The minimum absolute atomic E-state index is 0.00931. The maximum Gasteiger partial charge on any atom is 0.269 e. The molecule has 1 aromatic rings. The van der Waals surface area contributed by atoms with Crippen molar-refractivity contribution in [3.63, 3.8) is 0 Å². The van der Waals surface area contributed by atoms with Gasteiger partial charge in [0.25, 0.3) is 5.69 Å². The van der Waals surface area contributed by atoms with Gasteiger partial charge in [0.2, 0.25) is 0 Å². The number of benzene rings is 1. The van der Waals surface area contributed by atoms with E-state index in [0.29, 0.717) is 5.56 Å². The summed E-state index contributed by atoms with van der Waals surface area (Å²) in [6, 6.07) is 5.63. The van der Waals surface area contributed by atoms with Crippen molar-refractivity contribution in [2.75, 3.05) is 6.61 Å². The van der Waals surface area contributed by atoms with Crippen LogP contribution >= 0.6 is 0 Å². The molecule has 0 fully saturated rings. The average molecular weight is 197 g/mol. The van der Waals surface area contributed by atoms with Crippen LogP contribution in [0.3, 0.4) is 0 Å². The van der Waals surface area contributed by atoms with Gasteiger partial charge >= 0.3 is 0 Å². The zero-order chi connectivity index (χ0) is 10.6. The topological polar surface area (TPSA) is 83.6 Å². The first kappa shape index (κ1) is 10.6. The van der Waals surface area contributed by atoms with Gasteiger partial charge in [0.05, 0.1) is 11.0 Å². The molecule has 0 radical (unpaired) electrons. The molecule has 0 amide bonds. The van der Waals surface area contributed by atoms with Crippen LogP contribution in [0.15, 0.2) is 24.3 Å². The summed E-state index contributed by atoms with van der Waals surface area (Å²) < 4.78 is 0. The summed E-state index contributed by atoms with van der Waals surface area (Å²) in [6.07, 6.45) is -0.529. The number of aliphatic hydroxyl groups is 2. The van der Waals surface area contributed by atoms with Gasteiger partial charge in [0, 0.05) is 25.2 Å². The highest BCUT2D eigenvalue weighted by Crippen LogP contribution is 2.19. The lowest BCUT2D eigenvalue weighted by Gasteiger charge is -2.07. The zero-order valence-corrected chi connectivity index (χ0v) is 7.46. The van der Waals surface area contributed by atoms with Crippen molar-refractivity contribution in [2.24, 2.45) is 0 Å². The lowest BCUT2D eigenvalue weighted by atomic mass is 10.1. The van der Waals surface area contributed by atoms with Gasteiger partial charge in [-0.15, -0.1) is 0 Å². The summed E-state index contributed by atoms with van der Waals surface area (Å²) in [6.45, 7) is -0.113. The molecule has 0 saturated heterocycles. The van der Waals surface area contributed by atoms with Crippen molar-refractivity contribution in [1.82, 2.24) is 0 Å². The van der Waals surface area contributed by atoms with Gasteiger partial charge in [-0.05, 0) is 17.7 Å². The van der Waals surface area contributed by atoms with E-state index in [4.69, 9.17) is 5.11 Å². The molecule has 1 aromatic carbocycles. The lowest BCUT2D eigenvalue weighted by molar-refractivity contribution is -0.384. The molecule has 76 valence electrons. The summed E-state index contributed by atoms with van der Waals surface area (Å²) in [5.41, 5.74) is 0.564. The Morgan fingerprint density at radius 2 is 1.93 bits per heavy atom. The highest BCUT2D eigenvalue weighted by Gasteiger charge is 2.09. The van der Waals surface area contributed by atoms with E-state index in [9.17, 15) is 15.2 Å². The van der Waals surface area contributed by atoms with Crippen molar-refractivity contribution in [1.29, 1.82) is 0 Å². The van der Waals surface area contributed by atoms with Gasteiger partial charge in [-0.3, -0.25) is 10.1 Å². The predicted octanol–water partition coefficient (Wildman–Crippen LogP) is 1.01. The molecule has 1 atom stereocenters. The molecule has 2 N–H and O–H groups in total. The largest absolute Gasteiger partial charge is 0.396 e. The highest BCUT2D eigenvalue weighted by molar-refractivity contribution is 5.33. The maximum atomic E-state index is 10.3. The molecule has 0 unspecified atom stereocenters. The standard InChI is InChI=1S/C9H11NO4/c11-6-5-9(12)7-1-3-8(4-2-7)10(13)14/h1-4,9,11-12H,5-6H2/t9-/m0/s1. The van der Waals surface area contributed by atoms with E-state index in [-0.39, 0.29) is 18.7 Å². The summed E-state index contributed by atoms with van der Waals surface area (Å²) in [5, 5.41) is 28.3. The van der Waals surface area contributed by atoms with Crippen LogP contribution in [-0.4, -0.2) is 21.7 Å². The van der Waals surface area contributed by atoms with Crippen LogP contribution in [0.2, 0.25) is 0 Å². The van der Waals surface area contributed by atoms with Crippen LogP contribution in [0.25, 0.3) is 0 Å².